The molecule has 0 bridgehead atoms. The number of carbonyl (C=O) groups excluding carboxylic acids is 1. The Bertz CT molecular complexity index is 376. The van der Waals surface area contributed by atoms with E-state index in [4.69, 9.17) is 5.73 Å². The lowest BCUT2D eigenvalue weighted by atomic mass is 10.1. The fourth-order valence-corrected chi connectivity index (χ4v) is 2.24. The van der Waals surface area contributed by atoms with Crippen LogP contribution in [0, 0.1) is 0 Å². The van der Waals surface area contributed by atoms with Crippen LogP contribution in [0.1, 0.15) is 37.3 Å². The van der Waals surface area contributed by atoms with Gasteiger partial charge in [0, 0.05) is 25.6 Å². The highest BCUT2D eigenvalue weighted by Gasteiger charge is 2.22. The lowest BCUT2D eigenvalue weighted by Crippen LogP contribution is -2.25. The van der Waals surface area contributed by atoms with Crippen molar-refractivity contribution in [3.8, 4) is 0 Å². The molecule has 1 aliphatic heterocycles. The summed E-state index contributed by atoms with van der Waals surface area (Å²) < 4.78 is 0. The van der Waals surface area contributed by atoms with Gasteiger partial charge in [-0.1, -0.05) is 24.3 Å². The monoisotopic (exact) mass is 232 g/mol. The topological polar surface area (TPSA) is 46.3 Å². The van der Waals surface area contributed by atoms with Gasteiger partial charge < -0.3 is 10.6 Å². The molecule has 1 aliphatic rings. The van der Waals surface area contributed by atoms with Crippen LogP contribution < -0.4 is 5.73 Å². The molecule has 2 N–H and O–H groups in total. The molecule has 0 aliphatic carbocycles. The van der Waals surface area contributed by atoms with Gasteiger partial charge in [0.15, 0.2) is 0 Å². The highest BCUT2D eigenvalue weighted by Crippen LogP contribution is 2.23. The van der Waals surface area contributed by atoms with E-state index in [0.29, 0.717) is 6.42 Å². The molecule has 1 aromatic rings. The molecule has 1 unspecified atom stereocenters. The van der Waals surface area contributed by atoms with Crippen molar-refractivity contribution in [2.24, 2.45) is 5.73 Å². The maximum absolute atomic E-state index is 12.0. The normalized spacial score (nSPS) is 15.8. The van der Waals surface area contributed by atoms with Gasteiger partial charge in [0.2, 0.25) is 5.91 Å². The Labute approximate surface area is 103 Å². The molecule has 1 aromatic carbocycles. The van der Waals surface area contributed by atoms with Crippen LogP contribution in [-0.2, 0) is 17.9 Å². The van der Waals surface area contributed by atoms with Crippen LogP contribution in [-0.4, -0.2) is 16.8 Å². The van der Waals surface area contributed by atoms with Crippen molar-refractivity contribution in [3.63, 3.8) is 0 Å². The fraction of sp³-hybridized carbons (Fsp3) is 0.500. The Morgan fingerprint density at radius 1 is 1.35 bits per heavy atom. The van der Waals surface area contributed by atoms with Crippen LogP contribution in [0.5, 0.6) is 0 Å². The van der Waals surface area contributed by atoms with Gasteiger partial charge >= 0.3 is 0 Å². The van der Waals surface area contributed by atoms with Crippen LogP contribution in [0.25, 0.3) is 0 Å². The van der Waals surface area contributed by atoms with E-state index in [1.165, 1.54) is 11.1 Å². The van der Waals surface area contributed by atoms with Gasteiger partial charge in [-0.3, -0.25) is 4.79 Å². The second-order valence-corrected chi connectivity index (χ2v) is 4.89. The first kappa shape index (κ1) is 12.1. The lowest BCUT2D eigenvalue weighted by Gasteiger charge is -2.15. The molecule has 3 heteroatoms. The molecular weight excluding hydrogens is 212 g/mol. The summed E-state index contributed by atoms with van der Waals surface area (Å²) in [5, 5.41) is 0. The number of carbonyl (C=O) groups is 1. The first-order valence-electron chi connectivity index (χ1n) is 6.27. The first-order valence-corrected chi connectivity index (χ1v) is 6.27. The van der Waals surface area contributed by atoms with Crippen molar-refractivity contribution in [3.05, 3.63) is 35.4 Å². The Morgan fingerprint density at radius 2 is 1.94 bits per heavy atom. The van der Waals surface area contributed by atoms with E-state index in [9.17, 15) is 4.79 Å². The molecular formula is C14H20N2O. The maximum Gasteiger partial charge on any atom is 0.223 e. The predicted molar refractivity (Wildman–Crippen MR) is 68.2 cm³/mol. The zero-order chi connectivity index (χ0) is 12.3. The summed E-state index contributed by atoms with van der Waals surface area (Å²) in [5.74, 6) is 0.252. The molecule has 1 amide bonds. The molecule has 3 nitrogen and oxygen atoms in total. The second kappa shape index (κ2) is 5.32. The minimum Gasteiger partial charge on any atom is -0.334 e. The van der Waals surface area contributed by atoms with E-state index in [-0.39, 0.29) is 11.9 Å². The second-order valence-electron chi connectivity index (χ2n) is 4.89. The summed E-state index contributed by atoms with van der Waals surface area (Å²) in [7, 11) is 0. The quantitative estimate of drug-likeness (QED) is 0.863. The van der Waals surface area contributed by atoms with Gasteiger partial charge in [-0.05, 0) is 30.9 Å². The minimum atomic E-state index is 0.193. The van der Waals surface area contributed by atoms with Crippen LogP contribution in [0.3, 0.4) is 0 Å². The maximum atomic E-state index is 12.0. The Balaban J connectivity index is 1.84. The fourth-order valence-electron chi connectivity index (χ4n) is 2.24. The summed E-state index contributed by atoms with van der Waals surface area (Å²) in [6.07, 6.45) is 2.44. The number of hydrogen-bond acceptors (Lipinski definition) is 2. The van der Waals surface area contributed by atoms with E-state index in [2.05, 4.69) is 12.1 Å². The average molecular weight is 232 g/mol. The SMILES string of the molecule is CC(N)CCCC(=O)N1Cc2ccccc2C1. The number of amides is 1. The van der Waals surface area contributed by atoms with E-state index >= 15 is 0 Å². The zero-order valence-corrected chi connectivity index (χ0v) is 10.4. The molecule has 0 fully saturated rings. The van der Waals surface area contributed by atoms with Crippen molar-refractivity contribution in [1.29, 1.82) is 0 Å². The van der Waals surface area contributed by atoms with Gasteiger partial charge in [0.1, 0.15) is 0 Å². The van der Waals surface area contributed by atoms with Crippen molar-refractivity contribution in [2.75, 3.05) is 0 Å². The molecule has 1 heterocycles. The molecule has 1 atom stereocenters. The van der Waals surface area contributed by atoms with Crippen molar-refractivity contribution >= 4 is 5.91 Å². The molecule has 2 rings (SSSR count). The summed E-state index contributed by atoms with van der Waals surface area (Å²) in [6, 6.07) is 8.46. The average Bonchev–Trinajstić information content (AvgIpc) is 2.71. The molecule has 92 valence electrons. The Hall–Kier alpha value is -1.35. The van der Waals surface area contributed by atoms with Gasteiger partial charge in [-0.2, -0.15) is 0 Å². The number of hydrogen-bond donors (Lipinski definition) is 1. The van der Waals surface area contributed by atoms with Crippen LogP contribution in [0.2, 0.25) is 0 Å². The van der Waals surface area contributed by atoms with Gasteiger partial charge in [0.25, 0.3) is 0 Å². The van der Waals surface area contributed by atoms with Gasteiger partial charge in [-0.15, -0.1) is 0 Å². The lowest BCUT2D eigenvalue weighted by molar-refractivity contribution is -0.131. The Kier molecular flexibility index (Phi) is 3.79. The summed E-state index contributed by atoms with van der Waals surface area (Å²) in [4.78, 5) is 13.9. The third-order valence-corrected chi connectivity index (χ3v) is 3.24. The summed E-state index contributed by atoms with van der Waals surface area (Å²) in [5.41, 5.74) is 8.25. The minimum absolute atomic E-state index is 0.193. The van der Waals surface area contributed by atoms with Gasteiger partial charge in [0.05, 0.1) is 0 Å². The summed E-state index contributed by atoms with van der Waals surface area (Å²) >= 11 is 0. The van der Waals surface area contributed by atoms with E-state index < -0.39 is 0 Å². The van der Waals surface area contributed by atoms with Crippen molar-refractivity contribution < 1.29 is 4.79 Å². The standard InChI is InChI=1S/C14H20N2O/c1-11(15)5-4-8-14(17)16-9-12-6-2-3-7-13(12)10-16/h2-3,6-7,11H,4-5,8-10,15H2,1H3. The number of fused-ring (bicyclic) bond motifs is 1. The number of nitrogens with two attached hydrogens (primary N) is 1. The largest absolute Gasteiger partial charge is 0.334 e. The van der Waals surface area contributed by atoms with Crippen molar-refractivity contribution in [2.45, 2.75) is 45.3 Å². The van der Waals surface area contributed by atoms with Crippen LogP contribution in [0.4, 0.5) is 0 Å². The van der Waals surface area contributed by atoms with Gasteiger partial charge in [-0.25, -0.2) is 0 Å². The molecule has 17 heavy (non-hydrogen) atoms. The number of benzene rings is 1. The third-order valence-electron chi connectivity index (χ3n) is 3.24. The van der Waals surface area contributed by atoms with E-state index in [1.54, 1.807) is 0 Å². The first-order chi connectivity index (χ1) is 8.16. The predicted octanol–water partition coefficient (Wildman–Crippen LogP) is 2.05. The van der Waals surface area contributed by atoms with E-state index in [1.807, 2.05) is 24.0 Å². The van der Waals surface area contributed by atoms with Crippen LogP contribution in [0.15, 0.2) is 24.3 Å². The number of nitrogens with zero attached hydrogens (tertiary/aromatic N) is 1. The Morgan fingerprint density at radius 3 is 2.47 bits per heavy atom. The molecule has 0 aromatic heterocycles. The molecule has 0 spiro atoms. The third kappa shape index (κ3) is 3.07. The highest BCUT2D eigenvalue weighted by molar-refractivity contribution is 5.76. The zero-order valence-electron chi connectivity index (χ0n) is 10.4. The number of rotatable bonds is 4. The van der Waals surface area contributed by atoms with Crippen molar-refractivity contribution in [1.82, 2.24) is 4.90 Å². The summed E-state index contributed by atoms with van der Waals surface area (Å²) in [6.45, 7) is 3.52. The smallest absolute Gasteiger partial charge is 0.223 e. The van der Waals surface area contributed by atoms with Crippen LogP contribution >= 0.6 is 0 Å². The van der Waals surface area contributed by atoms with E-state index in [0.717, 1.165) is 25.9 Å². The molecule has 0 saturated heterocycles. The molecule has 0 saturated carbocycles. The highest BCUT2D eigenvalue weighted by atomic mass is 16.2. The molecule has 0 radical (unpaired) electrons.